The summed E-state index contributed by atoms with van der Waals surface area (Å²) in [6.45, 7) is 3.24. The molecule has 0 spiro atoms. The first-order valence-corrected chi connectivity index (χ1v) is 5.83. The van der Waals surface area contributed by atoms with Gasteiger partial charge in [0.25, 0.3) is 0 Å². The molecule has 6 nitrogen and oxygen atoms in total. The number of rotatable bonds is 6. The van der Waals surface area contributed by atoms with Crippen molar-refractivity contribution in [3.05, 3.63) is 0 Å². The Morgan fingerprint density at radius 3 is 2.78 bits per heavy atom. The lowest BCUT2D eigenvalue weighted by molar-refractivity contribution is -0.144. The van der Waals surface area contributed by atoms with Crippen LogP contribution in [-0.2, 0) is 19.1 Å². The number of methoxy groups -OCH3 is 1. The molecule has 1 aliphatic heterocycles. The zero-order valence-electron chi connectivity index (χ0n) is 10.7. The standard InChI is InChI=1S/C11H20N2O4.ClH/c1-8(11(15)16-2)13-10(14)7-12-6-9-4-3-5-17-9;/h8-9,12H,3-7H2,1-2H3,(H,13,14);1H. The van der Waals surface area contributed by atoms with E-state index < -0.39 is 12.0 Å². The molecular formula is C11H21ClN2O4. The maximum absolute atomic E-state index is 11.4. The van der Waals surface area contributed by atoms with E-state index in [4.69, 9.17) is 4.74 Å². The Morgan fingerprint density at radius 1 is 1.50 bits per heavy atom. The van der Waals surface area contributed by atoms with Gasteiger partial charge in [-0.2, -0.15) is 0 Å². The van der Waals surface area contributed by atoms with Gasteiger partial charge in [-0.3, -0.25) is 4.79 Å². The molecule has 0 aromatic carbocycles. The summed E-state index contributed by atoms with van der Waals surface area (Å²) >= 11 is 0. The van der Waals surface area contributed by atoms with Crippen LogP contribution in [0.4, 0.5) is 0 Å². The van der Waals surface area contributed by atoms with Gasteiger partial charge in [0.05, 0.1) is 19.8 Å². The van der Waals surface area contributed by atoms with Crippen molar-refractivity contribution in [3.63, 3.8) is 0 Å². The highest BCUT2D eigenvalue weighted by Crippen LogP contribution is 2.10. The van der Waals surface area contributed by atoms with Crippen molar-refractivity contribution < 1.29 is 19.1 Å². The van der Waals surface area contributed by atoms with Crippen LogP contribution < -0.4 is 10.6 Å². The molecule has 0 radical (unpaired) electrons. The molecule has 0 saturated carbocycles. The Balaban J connectivity index is 0.00000289. The molecule has 0 aliphatic carbocycles. The number of ether oxygens (including phenoxy) is 2. The van der Waals surface area contributed by atoms with E-state index in [1.165, 1.54) is 7.11 Å². The maximum atomic E-state index is 11.4. The lowest BCUT2D eigenvalue weighted by Crippen LogP contribution is -2.44. The summed E-state index contributed by atoms with van der Waals surface area (Å²) < 4.78 is 9.91. The van der Waals surface area contributed by atoms with Crippen LogP contribution in [0.1, 0.15) is 19.8 Å². The third kappa shape index (κ3) is 6.18. The first-order valence-electron chi connectivity index (χ1n) is 5.83. The predicted molar refractivity (Wildman–Crippen MR) is 68.7 cm³/mol. The summed E-state index contributed by atoms with van der Waals surface area (Å²) in [6, 6.07) is -0.614. The number of halogens is 1. The summed E-state index contributed by atoms with van der Waals surface area (Å²) in [5.41, 5.74) is 0. The smallest absolute Gasteiger partial charge is 0.328 e. The Hall–Kier alpha value is -0.850. The van der Waals surface area contributed by atoms with Gasteiger partial charge in [0, 0.05) is 13.2 Å². The van der Waals surface area contributed by atoms with Crippen LogP contribution in [-0.4, -0.2) is 50.8 Å². The van der Waals surface area contributed by atoms with Gasteiger partial charge in [-0.05, 0) is 19.8 Å². The van der Waals surface area contributed by atoms with E-state index in [-0.39, 0.29) is 31.0 Å². The van der Waals surface area contributed by atoms with Gasteiger partial charge in [-0.25, -0.2) is 4.79 Å². The van der Waals surface area contributed by atoms with Crippen molar-refractivity contribution in [2.24, 2.45) is 0 Å². The number of esters is 1. The minimum absolute atomic E-state index is 0. The number of hydrogen-bond donors (Lipinski definition) is 2. The van der Waals surface area contributed by atoms with Crippen molar-refractivity contribution in [1.29, 1.82) is 0 Å². The van der Waals surface area contributed by atoms with Crippen LogP contribution in [0.2, 0.25) is 0 Å². The van der Waals surface area contributed by atoms with Gasteiger partial charge < -0.3 is 20.1 Å². The molecule has 2 N–H and O–H groups in total. The normalized spacial score (nSPS) is 19.8. The second-order valence-corrected chi connectivity index (χ2v) is 4.08. The van der Waals surface area contributed by atoms with Gasteiger partial charge >= 0.3 is 5.97 Å². The highest BCUT2D eigenvalue weighted by atomic mass is 35.5. The number of hydrogen-bond acceptors (Lipinski definition) is 5. The fourth-order valence-electron chi connectivity index (χ4n) is 1.68. The van der Waals surface area contributed by atoms with E-state index >= 15 is 0 Å². The van der Waals surface area contributed by atoms with Crippen LogP contribution in [0.25, 0.3) is 0 Å². The summed E-state index contributed by atoms with van der Waals surface area (Å²) in [5, 5.41) is 5.54. The quantitative estimate of drug-likeness (QED) is 0.662. The zero-order chi connectivity index (χ0) is 12.7. The lowest BCUT2D eigenvalue weighted by Gasteiger charge is -2.13. The van der Waals surface area contributed by atoms with E-state index in [1.807, 2.05) is 0 Å². The summed E-state index contributed by atoms with van der Waals surface area (Å²) in [7, 11) is 1.29. The number of carbonyl (C=O) groups is 2. The molecule has 2 unspecified atom stereocenters. The van der Waals surface area contributed by atoms with Crippen LogP contribution in [0.15, 0.2) is 0 Å². The van der Waals surface area contributed by atoms with Gasteiger partial charge in [0.2, 0.25) is 5.91 Å². The molecule has 0 bridgehead atoms. The first-order chi connectivity index (χ1) is 8.13. The SMILES string of the molecule is COC(=O)C(C)NC(=O)CNCC1CCCO1.Cl. The highest BCUT2D eigenvalue weighted by molar-refractivity contribution is 5.85. The number of carbonyl (C=O) groups excluding carboxylic acids is 2. The Morgan fingerprint density at radius 2 is 2.22 bits per heavy atom. The van der Waals surface area contributed by atoms with E-state index in [9.17, 15) is 9.59 Å². The molecule has 2 atom stereocenters. The number of nitrogens with one attached hydrogen (secondary N) is 2. The number of amides is 1. The van der Waals surface area contributed by atoms with Crippen LogP contribution in [0.5, 0.6) is 0 Å². The van der Waals surface area contributed by atoms with Gasteiger partial charge in [0.1, 0.15) is 6.04 Å². The zero-order valence-corrected chi connectivity index (χ0v) is 11.5. The molecule has 1 saturated heterocycles. The van der Waals surface area contributed by atoms with Gasteiger partial charge in [-0.15, -0.1) is 12.4 Å². The van der Waals surface area contributed by atoms with E-state index in [2.05, 4.69) is 15.4 Å². The lowest BCUT2D eigenvalue weighted by atomic mass is 10.2. The molecule has 106 valence electrons. The topological polar surface area (TPSA) is 76.7 Å². The van der Waals surface area contributed by atoms with Crippen LogP contribution in [0, 0.1) is 0 Å². The van der Waals surface area contributed by atoms with Crippen LogP contribution in [0.3, 0.4) is 0 Å². The maximum Gasteiger partial charge on any atom is 0.328 e. The molecule has 1 fully saturated rings. The van der Waals surface area contributed by atoms with E-state index in [0.717, 1.165) is 19.4 Å². The Labute approximate surface area is 113 Å². The van der Waals surface area contributed by atoms with Crippen molar-refractivity contribution in [2.75, 3.05) is 26.8 Å². The molecular weight excluding hydrogens is 260 g/mol. The second kappa shape index (κ2) is 9.13. The first kappa shape index (κ1) is 17.2. The average Bonchev–Trinajstić information content (AvgIpc) is 2.80. The molecule has 0 aromatic heterocycles. The highest BCUT2D eigenvalue weighted by Gasteiger charge is 2.17. The largest absolute Gasteiger partial charge is 0.467 e. The second-order valence-electron chi connectivity index (χ2n) is 4.08. The molecule has 1 heterocycles. The van der Waals surface area contributed by atoms with Gasteiger partial charge in [-0.1, -0.05) is 0 Å². The summed E-state index contributed by atoms with van der Waals surface area (Å²) in [5.74, 6) is -0.668. The molecule has 0 aromatic rings. The summed E-state index contributed by atoms with van der Waals surface area (Å²) in [6.07, 6.45) is 2.33. The van der Waals surface area contributed by atoms with E-state index in [1.54, 1.807) is 6.92 Å². The van der Waals surface area contributed by atoms with Crippen molar-refractivity contribution in [3.8, 4) is 0 Å². The average molecular weight is 281 g/mol. The van der Waals surface area contributed by atoms with E-state index in [0.29, 0.717) is 6.54 Å². The third-order valence-corrected chi connectivity index (χ3v) is 2.61. The molecule has 18 heavy (non-hydrogen) atoms. The Bertz CT molecular complexity index is 270. The monoisotopic (exact) mass is 280 g/mol. The van der Waals surface area contributed by atoms with Crippen molar-refractivity contribution in [2.45, 2.75) is 31.9 Å². The van der Waals surface area contributed by atoms with Gasteiger partial charge in [0.15, 0.2) is 0 Å². The van der Waals surface area contributed by atoms with Crippen LogP contribution >= 0.6 is 12.4 Å². The summed E-state index contributed by atoms with van der Waals surface area (Å²) in [4.78, 5) is 22.5. The predicted octanol–water partition coefficient (Wildman–Crippen LogP) is -0.145. The third-order valence-electron chi connectivity index (χ3n) is 2.61. The minimum atomic E-state index is -0.614. The fourth-order valence-corrected chi connectivity index (χ4v) is 1.68. The molecule has 1 amide bonds. The van der Waals surface area contributed by atoms with Crippen molar-refractivity contribution >= 4 is 24.3 Å². The fraction of sp³-hybridized carbons (Fsp3) is 0.818. The molecule has 1 aliphatic rings. The molecule has 7 heteroatoms. The Kier molecular flexibility index (Phi) is 8.70. The molecule has 1 rings (SSSR count). The van der Waals surface area contributed by atoms with Crippen molar-refractivity contribution in [1.82, 2.24) is 10.6 Å². The minimum Gasteiger partial charge on any atom is -0.467 e.